The molecule has 0 aliphatic carbocycles. The number of rotatable bonds is 20. The molecule has 5 aromatic rings. The molecule has 6 nitrogen and oxygen atoms in total. The Balaban J connectivity index is 1.29. The molecule has 0 spiro atoms. The second-order valence-corrected chi connectivity index (χ2v) is 13.6. The van der Waals surface area contributed by atoms with E-state index in [0.717, 1.165) is 41.0 Å². The van der Waals surface area contributed by atoms with Gasteiger partial charge in [0, 0.05) is 13.1 Å². The lowest BCUT2D eigenvalue weighted by Crippen LogP contribution is -2.64. The van der Waals surface area contributed by atoms with Gasteiger partial charge in [0.15, 0.2) is 0 Å². The van der Waals surface area contributed by atoms with Gasteiger partial charge in [0.25, 0.3) is 0 Å². The molecule has 1 aliphatic heterocycles. The van der Waals surface area contributed by atoms with E-state index >= 15 is 0 Å². The number of likely N-dealkylation sites (tertiary alicyclic amines) is 1. The van der Waals surface area contributed by atoms with Crippen molar-refractivity contribution < 1.29 is 23.7 Å². The number of benzene rings is 5. The molecule has 1 aliphatic rings. The predicted molar refractivity (Wildman–Crippen MR) is 207 cm³/mol. The van der Waals surface area contributed by atoms with Gasteiger partial charge in [-0.15, -0.1) is 0 Å². The van der Waals surface area contributed by atoms with Crippen molar-refractivity contribution in [2.24, 2.45) is 0 Å². The van der Waals surface area contributed by atoms with Crippen molar-refractivity contribution in [3.05, 3.63) is 173 Å². The fourth-order valence-corrected chi connectivity index (χ4v) is 6.70. The van der Waals surface area contributed by atoms with Gasteiger partial charge in [-0.1, -0.05) is 153 Å². The van der Waals surface area contributed by atoms with Crippen LogP contribution in [0.2, 0.25) is 0 Å². The first-order valence-corrected chi connectivity index (χ1v) is 18.8. The van der Waals surface area contributed by atoms with E-state index in [0.29, 0.717) is 46.1 Å². The monoisotopic (exact) mass is 699 g/mol. The van der Waals surface area contributed by atoms with Crippen LogP contribution in [0.4, 0.5) is 0 Å². The van der Waals surface area contributed by atoms with E-state index in [4.69, 9.17) is 23.7 Å². The normalized spacial score (nSPS) is 19.0. The maximum absolute atomic E-state index is 6.97. The lowest BCUT2D eigenvalue weighted by molar-refractivity contribution is -0.212. The van der Waals surface area contributed by atoms with Gasteiger partial charge in [-0.3, -0.25) is 4.90 Å². The Labute approximate surface area is 310 Å². The molecule has 4 atom stereocenters. The van der Waals surface area contributed by atoms with Crippen LogP contribution in [-0.4, -0.2) is 49.0 Å². The van der Waals surface area contributed by atoms with Gasteiger partial charge in [-0.25, -0.2) is 0 Å². The molecule has 0 N–H and O–H groups in total. The summed E-state index contributed by atoms with van der Waals surface area (Å²) in [5.74, 6) is 0.906. The summed E-state index contributed by atoms with van der Waals surface area (Å²) in [6, 6.07) is 49.8. The van der Waals surface area contributed by atoms with Crippen LogP contribution in [0.1, 0.15) is 54.0 Å². The quantitative estimate of drug-likeness (QED) is 0.0755. The minimum atomic E-state index is -0.340. The van der Waals surface area contributed by atoms with Gasteiger partial charge >= 0.3 is 0 Å². The largest absolute Gasteiger partial charge is 0.494 e. The third-order valence-corrected chi connectivity index (χ3v) is 9.56. The minimum Gasteiger partial charge on any atom is -0.494 e. The summed E-state index contributed by atoms with van der Waals surface area (Å²) in [5.41, 5.74) is 5.69. The second kappa shape index (κ2) is 20.7. The lowest BCUT2D eigenvalue weighted by Gasteiger charge is -2.48. The first-order valence-electron chi connectivity index (χ1n) is 18.8. The number of hydrogen-bond donors (Lipinski definition) is 0. The van der Waals surface area contributed by atoms with Gasteiger partial charge in [0.1, 0.15) is 18.0 Å². The number of unbranched alkanes of at least 4 members (excludes halogenated alkanes) is 2. The summed E-state index contributed by atoms with van der Waals surface area (Å²) in [6.45, 7) is 6.70. The Bertz CT molecular complexity index is 1670. The summed E-state index contributed by atoms with van der Waals surface area (Å²) in [7, 11) is 0. The third kappa shape index (κ3) is 11.6. The highest BCUT2D eigenvalue weighted by molar-refractivity contribution is 5.27. The van der Waals surface area contributed by atoms with Crippen molar-refractivity contribution in [2.45, 2.75) is 83.5 Å². The zero-order valence-electron chi connectivity index (χ0n) is 30.4. The van der Waals surface area contributed by atoms with E-state index in [2.05, 4.69) is 133 Å². The molecular weight excluding hydrogens is 647 g/mol. The Hall–Kier alpha value is -4.30. The molecule has 6 heteroatoms. The predicted octanol–water partition coefficient (Wildman–Crippen LogP) is 9.41. The first kappa shape index (κ1) is 37.5. The summed E-state index contributed by atoms with van der Waals surface area (Å²) in [6.07, 6.45) is 2.50. The van der Waals surface area contributed by atoms with Gasteiger partial charge in [-0.2, -0.15) is 0 Å². The second-order valence-electron chi connectivity index (χ2n) is 13.6. The van der Waals surface area contributed by atoms with Crippen LogP contribution in [0.25, 0.3) is 0 Å². The van der Waals surface area contributed by atoms with Gasteiger partial charge in [-0.05, 0) is 46.4 Å². The van der Waals surface area contributed by atoms with Crippen molar-refractivity contribution in [3.8, 4) is 5.75 Å². The van der Waals surface area contributed by atoms with Crippen LogP contribution in [-0.2, 0) is 51.9 Å². The standard InChI is InChI=1S/C46H53NO5/c1-2-3-16-29-49-42-27-25-37(26-28-42)30-47-31-44(50-33-39-19-10-5-11-20-39)46(52-35-41-23-14-7-15-24-41)45(51-34-40-21-12-6-13-22-40)43(47)36-48-32-38-17-8-4-9-18-38/h4-15,17-28,43-46H,2-3,16,29-36H2,1H3/t43-,44-,45-,46+/m0/s1. The van der Waals surface area contributed by atoms with Crippen molar-refractivity contribution in [1.82, 2.24) is 4.90 Å². The fraction of sp³-hybridized carbons (Fsp3) is 0.348. The molecule has 0 unspecified atom stereocenters. The molecule has 0 radical (unpaired) electrons. The lowest BCUT2D eigenvalue weighted by atomic mass is 9.92. The topological polar surface area (TPSA) is 49.4 Å². The number of hydrogen-bond acceptors (Lipinski definition) is 6. The number of piperidine rings is 1. The molecule has 0 saturated carbocycles. The molecule has 272 valence electrons. The van der Waals surface area contributed by atoms with Crippen LogP contribution in [0.15, 0.2) is 146 Å². The average Bonchev–Trinajstić information content (AvgIpc) is 3.20. The Morgan fingerprint density at radius 2 is 1.02 bits per heavy atom. The van der Waals surface area contributed by atoms with Crippen LogP contribution in [0.3, 0.4) is 0 Å². The highest BCUT2D eigenvalue weighted by Gasteiger charge is 2.46. The average molecular weight is 700 g/mol. The molecule has 0 aromatic heterocycles. The highest BCUT2D eigenvalue weighted by Crippen LogP contribution is 2.31. The molecule has 0 amide bonds. The van der Waals surface area contributed by atoms with Crippen molar-refractivity contribution in [3.63, 3.8) is 0 Å². The Morgan fingerprint density at radius 1 is 0.519 bits per heavy atom. The zero-order chi connectivity index (χ0) is 35.6. The summed E-state index contributed by atoms with van der Waals surface area (Å²) < 4.78 is 33.2. The Morgan fingerprint density at radius 3 is 1.56 bits per heavy atom. The van der Waals surface area contributed by atoms with E-state index in [1.165, 1.54) is 18.4 Å². The van der Waals surface area contributed by atoms with Crippen molar-refractivity contribution >= 4 is 0 Å². The van der Waals surface area contributed by atoms with Crippen molar-refractivity contribution in [1.29, 1.82) is 0 Å². The van der Waals surface area contributed by atoms with E-state index in [9.17, 15) is 0 Å². The fourth-order valence-electron chi connectivity index (χ4n) is 6.70. The molecule has 0 bridgehead atoms. The smallest absolute Gasteiger partial charge is 0.119 e. The molecule has 1 saturated heterocycles. The first-order chi connectivity index (χ1) is 25.7. The molecule has 1 fully saturated rings. The van der Waals surface area contributed by atoms with Gasteiger partial charge in [0.05, 0.1) is 51.8 Å². The van der Waals surface area contributed by atoms with E-state index in [1.54, 1.807) is 0 Å². The van der Waals surface area contributed by atoms with Crippen molar-refractivity contribution in [2.75, 3.05) is 19.8 Å². The summed E-state index contributed by atoms with van der Waals surface area (Å²) in [5, 5.41) is 0. The summed E-state index contributed by atoms with van der Waals surface area (Å²) >= 11 is 0. The van der Waals surface area contributed by atoms with E-state index < -0.39 is 0 Å². The van der Waals surface area contributed by atoms with E-state index in [1.807, 2.05) is 24.3 Å². The molecule has 6 rings (SSSR count). The molecule has 1 heterocycles. The van der Waals surface area contributed by atoms with Crippen LogP contribution < -0.4 is 4.74 Å². The minimum absolute atomic E-state index is 0.102. The highest BCUT2D eigenvalue weighted by atomic mass is 16.6. The molecular formula is C46H53NO5. The third-order valence-electron chi connectivity index (χ3n) is 9.56. The SMILES string of the molecule is CCCCCOc1ccc(CN2C[C@H](OCc3ccccc3)[C@@H](OCc3ccccc3)[C@@H](OCc3ccccc3)[C@@H]2COCc2ccccc2)cc1. The molecule has 52 heavy (non-hydrogen) atoms. The maximum Gasteiger partial charge on any atom is 0.119 e. The van der Waals surface area contributed by atoms with Gasteiger partial charge in [0.2, 0.25) is 0 Å². The van der Waals surface area contributed by atoms with E-state index in [-0.39, 0.29) is 24.4 Å². The van der Waals surface area contributed by atoms with Crippen LogP contribution in [0.5, 0.6) is 5.75 Å². The maximum atomic E-state index is 6.97. The zero-order valence-corrected chi connectivity index (χ0v) is 30.4. The van der Waals surface area contributed by atoms with Crippen LogP contribution in [0, 0.1) is 0 Å². The number of nitrogens with zero attached hydrogens (tertiary/aromatic N) is 1. The molecule has 5 aromatic carbocycles. The Kier molecular flexibility index (Phi) is 14.9. The summed E-state index contributed by atoms with van der Waals surface area (Å²) in [4.78, 5) is 2.47. The van der Waals surface area contributed by atoms with Gasteiger partial charge < -0.3 is 23.7 Å². The van der Waals surface area contributed by atoms with Crippen LogP contribution >= 0.6 is 0 Å². The number of ether oxygens (including phenoxy) is 5.